The molecule has 0 radical (unpaired) electrons. The lowest BCUT2D eigenvalue weighted by Crippen LogP contribution is -2.51. The van der Waals surface area contributed by atoms with Gasteiger partial charge in [0.15, 0.2) is 5.69 Å². The molecule has 2 aromatic carbocycles. The molecule has 6 heteroatoms. The van der Waals surface area contributed by atoms with Gasteiger partial charge in [-0.1, -0.05) is 48.5 Å². The first kappa shape index (κ1) is 22.2. The molecule has 168 valence electrons. The predicted molar refractivity (Wildman–Crippen MR) is 127 cm³/mol. The van der Waals surface area contributed by atoms with E-state index >= 15 is 0 Å². The van der Waals surface area contributed by atoms with Gasteiger partial charge >= 0.3 is 0 Å². The fraction of sp³-hybridized carbons (Fsp3) is 0.423. The molecule has 1 amide bonds. The highest BCUT2D eigenvalue weighted by atomic mass is 16.2. The van der Waals surface area contributed by atoms with Crippen molar-refractivity contribution in [3.05, 3.63) is 77.6 Å². The van der Waals surface area contributed by atoms with Gasteiger partial charge in [0.25, 0.3) is 5.91 Å². The number of hydrogen-bond donors (Lipinski definition) is 1. The van der Waals surface area contributed by atoms with Crippen LogP contribution in [0.3, 0.4) is 0 Å². The number of nitrogens with one attached hydrogen (secondary N) is 1. The Morgan fingerprint density at radius 2 is 1.66 bits per heavy atom. The highest BCUT2D eigenvalue weighted by Gasteiger charge is 2.37. The maximum atomic E-state index is 12.9. The topological polar surface area (TPSA) is 63.1 Å². The van der Waals surface area contributed by atoms with Gasteiger partial charge < -0.3 is 10.2 Å². The molecule has 0 spiro atoms. The first-order valence-corrected chi connectivity index (χ1v) is 11.5. The Kier molecular flexibility index (Phi) is 6.70. The van der Waals surface area contributed by atoms with Gasteiger partial charge in [0.1, 0.15) is 0 Å². The van der Waals surface area contributed by atoms with Crippen molar-refractivity contribution in [3.63, 3.8) is 0 Å². The Hall–Kier alpha value is -2.99. The van der Waals surface area contributed by atoms with E-state index < -0.39 is 0 Å². The molecule has 1 heterocycles. The number of para-hydroxylation sites is 1. The average molecular weight is 432 g/mol. The summed E-state index contributed by atoms with van der Waals surface area (Å²) in [5, 5.41) is 12.1. The lowest BCUT2D eigenvalue weighted by molar-refractivity contribution is 0.0715. The Balaban J connectivity index is 1.36. The van der Waals surface area contributed by atoms with Crippen LogP contribution >= 0.6 is 0 Å². The molecule has 0 atom stereocenters. The first-order chi connectivity index (χ1) is 15.5. The van der Waals surface area contributed by atoms with Crippen LogP contribution in [0.4, 0.5) is 0 Å². The van der Waals surface area contributed by atoms with Crippen LogP contribution in [0, 0.1) is 6.92 Å². The minimum Gasteiger partial charge on any atom is -0.348 e. The zero-order valence-corrected chi connectivity index (χ0v) is 19.3. The summed E-state index contributed by atoms with van der Waals surface area (Å²) in [4.78, 5) is 16.9. The smallest absolute Gasteiger partial charge is 0.273 e. The van der Waals surface area contributed by atoms with Crippen molar-refractivity contribution in [3.8, 4) is 5.69 Å². The monoisotopic (exact) mass is 431 g/mol. The van der Waals surface area contributed by atoms with Crippen molar-refractivity contribution in [2.45, 2.75) is 57.0 Å². The van der Waals surface area contributed by atoms with Crippen LogP contribution in [0.15, 0.2) is 60.7 Å². The second-order valence-electron chi connectivity index (χ2n) is 9.11. The summed E-state index contributed by atoms with van der Waals surface area (Å²) in [6, 6.07) is 20.6. The van der Waals surface area contributed by atoms with Crippen LogP contribution in [0.5, 0.6) is 0 Å². The van der Waals surface area contributed by atoms with E-state index in [1.165, 1.54) is 10.4 Å². The van der Waals surface area contributed by atoms with Crippen molar-refractivity contribution in [2.75, 3.05) is 14.1 Å². The van der Waals surface area contributed by atoms with E-state index in [1.807, 2.05) is 37.3 Å². The van der Waals surface area contributed by atoms with Crippen LogP contribution in [0.1, 0.15) is 53.8 Å². The van der Waals surface area contributed by atoms with Gasteiger partial charge in [-0.3, -0.25) is 4.79 Å². The fourth-order valence-electron chi connectivity index (χ4n) is 4.76. The third kappa shape index (κ3) is 4.91. The number of amides is 1. The SMILES string of the molecule is Cc1nn(-c2ccccc2)nc1C(=O)NC1CCC(CCc2ccccc2)(N(C)C)CC1. The van der Waals surface area contributed by atoms with Crippen molar-refractivity contribution in [1.29, 1.82) is 0 Å². The summed E-state index contributed by atoms with van der Waals surface area (Å²) >= 11 is 0. The Morgan fingerprint density at radius 3 is 2.28 bits per heavy atom. The molecule has 1 saturated carbocycles. The van der Waals surface area contributed by atoms with Gasteiger partial charge in [0, 0.05) is 11.6 Å². The zero-order chi connectivity index (χ0) is 22.6. The van der Waals surface area contributed by atoms with Crippen LogP contribution < -0.4 is 5.32 Å². The number of aromatic nitrogens is 3. The lowest BCUT2D eigenvalue weighted by atomic mass is 9.75. The van der Waals surface area contributed by atoms with Gasteiger partial charge in [-0.05, 0) is 77.2 Å². The zero-order valence-electron chi connectivity index (χ0n) is 19.3. The van der Waals surface area contributed by atoms with Gasteiger partial charge in [-0.15, -0.1) is 5.10 Å². The lowest BCUT2D eigenvalue weighted by Gasteiger charge is -2.45. The highest BCUT2D eigenvalue weighted by Crippen LogP contribution is 2.36. The van der Waals surface area contributed by atoms with Crippen LogP contribution in [0.2, 0.25) is 0 Å². The molecule has 1 N–H and O–H groups in total. The molecule has 0 saturated heterocycles. The van der Waals surface area contributed by atoms with E-state index in [1.54, 1.807) is 0 Å². The molecule has 1 aromatic heterocycles. The summed E-state index contributed by atoms with van der Waals surface area (Å²) in [5.41, 5.74) is 3.47. The van der Waals surface area contributed by atoms with Crippen LogP contribution in [0.25, 0.3) is 5.69 Å². The van der Waals surface area contributed by atoms with E-state index in [4.69, 9.17) is 0 Å². The molecule has 0 bridgehead atoms. The van der Waals surface area contributed by atoms with Gasteiger partial charge in [0.2, 0.25) is 0 Å². The Labute approximate surface area is 190 Å². The Bertz CT molecular complexity index is 1020. The normalized spacial score (nSPS) is 20.9. The highest BCUT2D eigenvalue weighted by molar-refractivity contribution is 5.93. The number of carbonyl (C=O) groups is 1. The molecular weight excluding hydrogens is 398 g/mol. The molecule has 0 unspecified atom stereocenters. The summed E-state index contributed by atoms with van der Waals surface area (Å²) in [6.45, 7) is 1.84. The maximum absolute atomic E-state index is 12.9. The molecular formula is C26H33N5O. The molecule has 0 aliphatic heterocycles. The third-order valence-electron chi connectivity index (χ3n) is 6.91. The van der Waals surface area contributed by atoms with Crippen molar-refractivity contribution < 1.29 is 4.79 Å². The molecule has 32 heavy (non-hydrogen) atoms. The molecule has 1 aliphatic rings. The minimum absolute atomic E-state index is 0.128. The van der Waals surface area contributed by atoms with Crippen LogP contribution in [-0.4, -0.2) is 51.5 Å². The summed E-state index contributed by atoms with van der Waals surface area (Å²) in [5.74, 6) is -0.128. The summed E-state index contributed by atoms with van der Waals surface area (Å²) in [7, 11) is 4.38. The number of benzene rings is 2. The molecule has 3 aromatic rings. The summed E-state index contributed by atoms with van der Waals surface area (Å²) in [6.07, 6.45) is 6.32. The largest absolute Gasteiger partial charge is 0.348 e. The van der Waals surface area contributed by atoms with Gasteiger partial charge in [0.05, 0.1) is 11.4 Å². The van der Waals surface area contributed by atoms with Gasteiger partial charge in [-0.2, -0.15) is 9.90 Å². The van der Waals surface area contributed by atoms with Crippen molar-refractivity contribution in [1.82, 2.24) is 25.2 Å². The number of carbonyl (C=O) groups excluding carboxylic acids is 1. The van der Waals surface area contributed by atoms with E-state index in [2.05, 4.69) is 64.8 Å². The second-order valence-corrected chi connectivity index (χ2v) is 9.11. The molecule has 4 rings (SSSR count). The van der Waals surface area contributed by atoms with Crippen LogP contribution in [-0.2, 0) is 6.42 Å². The molecule has 1 aliphatic carbocycles. The molecule has 1 fully saturated rings. The third-order valence-corrected chi connectivity index (χ3v) is 6.91. The van der Waals surface area contributed by atoms with Crippen molar-refractivity contribution in [2.24, 2.45) is 0 Å². The average Bonchev–Trinajstić information content (AvgIpc) is 3.22. The van der Waals surface area contributed by atoms with Gasteiger partial charge in [-0.25, -0.2) is 0 Å². The van der Waals surface area contributed by atoms with E-state index in [-0.39, 0.29) is 17.5 Å². The maximum Gasteiger partial charge on any atom is 0.273 e. The molecule has 6 nitrogen and oxygen atoms in total. The minimum atomic E-state index is -0.128. The number of aryl methyl sites for hydroxylation is 2. The van der Waals surface area contributed by atoms with E-state index in [9.17, 15) is 4.79 Å². The fourth-order valence-corrected chi connectivity index (χ4v) is 4.76. The summed E-state index contributed by atoms with van der Waals surface area (Å²) < 4.78 is 0. The number of nitrogens with zero attached hydrogens (tertiary/aromatic N) is 4. The van der Waals surface area contributed by atoms with E-state index in [0.717, 1.165) is 44.2 Å². The number of rotatable bonds is 7. The van der Waals surface area contributed by atoms with Crippen molar-refractivity contribution >= 4 is 5.91 Å². The Morgan fingerprint density at radius 1 is 1.03 bits per heavy atom. The quantitative estimate of drug-likeness (QED) is 0.610. The predicted octanol–water partition coefficient (Wildman–Crippen LogP) is 4.18. The van der Waals surface area contributed by atoms with E-state index in [0.29, 0.717) is 11.4 Å². The number of hydrogen-bond acceptors (Lipinski definition) is 4. The second kappa shape index (κ2) is 9.65. The first-order valence-electron chi connectivity index (χ1n) is 11.5. The standard InChI is InChI=1S/C26H33N5O/c1-20-24(29-31(28-20)23-12-8-5-9-13-23)25(32)27-22-15-18-26(19-16-22,30(2)3)17-14-21-10-6-4-7-11-21/h4-13,22H,14-19H2,1-3H3,(H,27,32).